The fraction of sp³-hybridized carbons (Fsp3) is 0.533. The number of hydrogen-bond acceptors (Lipinski definition) is 3. The van der Waals surface area contributed by atoms with Crippen LogP contribution >= 0.6 is 11.8 Å². The number of hydrogen-bond donors (Lipinski definition) is 1. The number of carbonyl (C=O) groups is 1. The SMILES string of the molecule is O=C1CCCN1c1ccc(CNC2CCSC2)cc1. The summed E-state index contributed by atoms with van der Waals surface area (Å²) in [5, 5.41) is 3.59. The van der Waals surface area contributed by atoms with Crippen LogP contribution in [0.4, 0.5) is 5.69 Å². The predicted octanol–water partition coefficient (Wildman–Crippen LogP) is 2.41. The summed E-state index contributed by atoms with van der Waals surface area (Å²) in [4.78, 5) is 13.6. The number of benzene rings is 1. The Morgan fingerprint density at radius 3 is 2.79 bits per heavy atom. The van der Waals surface area contributed by atoms with E-state index in [1.54, 1.807) is 0 Å². The van der Waals surface area contributed by atoms with Crippen molar-refractivity contribution in [2.75, 3.05) is 23.0 Å². The molecule has 0 saturated carbocycles. The third-order valence-corrected chi connectivity index (χ3v) is 5.01. The Bertz CT molecular complexity index is 440. The number of nitrogens with one attached hydrogen (secondary N) is 1. The Kier molecular flexibility index (Phi) is 4.09. The lowest BCUT2D eigenvalue weighted by molar-refractivity contribution is -0.117. The molecule has 102 valence electrons. The minimum Gasteiger partial charge on any atom is -0.312 e. The lowest BCUT2D eigenvalue weighted by atomic mass is 10.1. The molecule has 1 unspecified atom stereocenters. The van der Waals surface area contributed by atoms with Gasteiger partial charge in [0.2, 0.25) is 5.91 Å². The maximum Gasteiger partial charge on any atom is 0.227 e. The fourth-order valence-electron chi connectivity index (χ4n) is 2.67. The number of rotatable bonds is 4. The largest absolute Gasteiger partial charge is 0.312 e. The van der Waals surface area contributed by atoms with Crippen LogP contribution in [0.1, 0.15) is 24.8 Å². The summed E-state index contributed by atoms with van der Waals surface area (Å²) >= 11 is 2.03. The molecule has 2 fully saturated rings. The summed E-state index contributed by atoms with van der Waals surface area (Å²) in [6.45, 7) is 1.80. The van der Waals surface area contributed by atoms with Crippen molar-refractivity contribution in [3.05, 3.63) is 29.8 Å². The molecular weight excluding hydrogens is 256 g/mol. The second-order valence-corrected chi connectivity index (χ2v) is 6.41. The van der Waals surface area contributed by atoms with Crippen molar-refractivity contribution in [2.24, 2.45) is 0 Å². The molecule has 0 radical (unpaired) electrons. The predicted molar refractivity (Wildman–Crippen MR) is 80.6 cm³/mol. The van der Waals surface area contributed by atoms with Gasteiger partial charge in [0.05, 0.1) is 0 Å². The molecule has 1 aromatic rings. The first-order chi connectivity index (χ1) is 9.33. The van der Waals surface area contributed by atoms with E-state index in [0.29, 0.717) is 12.5 Å². The van der Waals surface area contributed by atoms with Gasteiger partial charge >= 0.3 is 0 Å². The van der Waals surface area contributed by atoms with Gasteiger partial charge in [-0.3, -0.25) is 4.79 Å². The molecule has 2 saturated heterocycles. The summed E-state index contributed by atoms with van der Waals surface area (Å²) < 4.78 is 0. The summed E-state index contributed by atoms with van der Waals surface area (Å²) in [6, 6.07) is 9.09. The topological polar surface area (TPSA) is 32.3 Å². The third-order valence-electron chi connectivity index (χ3n) is 3.85. The minimum absolute atomic E-state index is 0.258. The second-order valence-electron chi connectivity index (χ2n) is 5.26. The molecule has 4 heteroatoms. The van der Waals surface area contributed by atoms with Crippen molar-refractivity contribution >= 4 is 23.4 Å². The van der Waals surface area contributed by atoms with Gasteiger partial charge in [0.25, 0.3) is 0 Å². The lowest BCUT2D eigenvalue weighted by Gasteiger charge is -2.16. The number of nitrogens with zero attached hydrogens (tertiary/aromatic N) is 1. The highest BCUT2D eigenvalue weighted by atomic mass is 32.2. The van der Waals surface area contributed by atoms with Crippen LogP contribution in [0.3, 0.4) is 0 Å². The van der Waals surface area contributed by atoms with Gasteiger partial charge in [0, 0.05) is 37.0 Å². The van der Waals surface area contributed by atoms with Gasteiger partial charge in [0.1, 0.15) is 0 Å². The van der Waals surface area contributed by atoms with E-state index >= 15 is 0 Å². The standard InChI is InChI=1S/C15H20N2OS/c18-15-2-1-8-17(15)14-5-3-12(4-6-14)10-16-13-7-9-19-11-13/h3-6,13,16H,1-2,7-11H2. The Morgan fingerprint density at radius 2 is 2.16 bits per heavy atom. The Balaban J connectivity index is 1.57. The maximum atomic E-state index is 11.7. The van der Waals surface area contributed by atoms with E-state index in [0.717, 1.165) is 25.2 Å². The average molecular weight is 276 g/mol. The quantitative estimate of drug-likeness (QED) is 0.916. The zero-order chi connectivity index (χ0) is 13.1. The van der Waals surface area contributed by atoms with Crippen LogP contribution in [0.5, 0.6) is 0 Å². The van der Waals surface area contributed by atoms with Crippen LogP contribution in [0.2, 0.25) is 0 Å². The van der Waals surface area contributed by atoms with Gasteiger partial charge in [-0.1, -0.05) is 12.1 Å². The van der Waals surface area contributed by atoms with Crippen LogP contribution in [0.25, 0.3) is 0 Å². The van der Waals surface area contributed by atoms with E-state index in [1.165, 1.54) is 23.5 Å². The molecule has 2 heterocycles. The molecule has 0 spiro atoms. The summed E-state index contributed by atoms with van der Waals surface area (Å²) in [5.74, 6) is 2.78. The van der Waals surface area contributed by atoms with Gasteiger partial charge in [-0.05, 0) is 36.3 Å². The summed E-state index contributed by atoms with van der Waals surface area (Å²) in [6.07, 6.45) is 2.97. The highest BCUT2D eigenvalue weighted by Crippen LogP contribution is 2.22. The zero-order valence-electron chi connectivity index (χ0n) is 11.1. The smallest absolute Gasteiger partial charge is 0.227 e. The van der Waals surface area contributed by atoms with E-state index in [1.807, 2.05) is 16.7 Å². The fourth-order valence-corrected chi connectivity index (χ4v) is 3.86. The summed E-state index contributed by atoms with van der Waals surface area (Å²) in [7, 11) is 0. The molecule has 2 aliphatic rings. The summed E-state index contributed by atoms with van der Waals surface area (Å²) in [5.41, 5.74) is 2.34. The number of amides is 1. The molecule has 0 aromatic heterocycles. The molecule has 19 heavy (non-hydrogen) atoms. The second kappa shape index (κ2) is 5.97. The normalized spacial score (nSPS) is 23.3. The van der Waals surface area contributed by atoms with Gasteiger partial charge in [0.15, 0.2) is 0 Å². The molecule has 1 atom stereocenters. The first-order valence-electron chi connectivity index (χ1n) is 7.03. The molecular formula is C15H20N2OS. The van der Waals surface area contributed by atoms with Crippen molar-refractivity contribution in [3.8, 4) is 0 Å². The van der Waals surface area contributed by atoms with E-state index < -0.39 is 0 Å². The Labute approximate surface area is 118 Å². The third kappa shape index (κ3) is 3.12. The molecule has 0 aliphatic carbocycles. The molecule has 1 aromatic carbocycles. The van der Waals surface area contributed by atoms with Crippen LogP contribution < -0.4 is 10.2 Å². The zero-order valence-corrected chi connectivity index (χ0v) is 11.9. The van der Waals surface area contributed by atoms with Crippen molar-refractivity contribution in [2.45, 2.75) is 31.8 Å². The van der Waals surface area contributed by atoms with Crippen LogP contribution in [-0.2, 0) is 11.3 Å². The van der Waals surface area contributed by atoms with Crippen molar-refractivity contribution in [1.29, 1.82) is 0 Å². The van der Waals surface area contributed by atoms with E-state index in [2.05, 4.69) is 29.6 Å². The number of carbonyl (C=O) groups excluding carboxylic acids is 1. The van der Waals surface area contributed by atoms with E-state index in [4.69, 9.17) is 0 Å². The molecule has 1 amide bonds. The molecule has 3 rings (SSSR count). The number of anilines is 1. The Hall–Kier alpha value is -1.00. The van der Waals surface area contributed by atoms with Gasteiger partial charge in [-0.2, -0.15) is 11.8 Å². The first-order valence-corrected chi connectivity index (χ1v) is 8.19. The van der Waals surface area contributed by atoms with Gasteiger partial charge in [-0.25, -0.2) is 0 Å². The lowest BCUT2D eigenvalue weighted by Crippen LogP contribution is -2.28. The molecule has 3 nitrogen and oxygen atoms in total. The van der Waals surface area contributed by atoms with Gasteiger partial charge < -0.3 is 10.2 Å². The van der Waals surface area contributed by atoms with Crippen molar-refractivity contribution in [3.63, 3.8) is 0 Å². The Morgan fingerprint density at radius 1 is 1.32 bits per heavy atom. The molecule has 0 bridgehead atoms. The average Bonchev–Trinajstić information content (AvgIpc) is 3.08. The van der Waals surface area contributed by atoms with Crippen LogP contribution in [0, 0.1) is 0 Å². The maximum absolute atomic E-state index is 11.7. The van der Waals surface area contributed by atoms with Crippen molar-refractivity contribution < 1.29 is 4.79 Å². The highest BCUT2D eigenvalue weighted by Gasteiger charge is 2.21. The van der Waals surface area contributed by atoms with Crippen molar-refractivity contribution in [1.82, 2.24) is 5.32 Å². The highest BCUT2D eigenvalue weighted by molar-refractivity contribution is 7.99. The molecule has 2 aliphatic heterocycles. The minimum atomic E-state index is 0.258. The van der Waals surface area contributed by atoms with E-state index in [-0.39, 0.29) is 5.91 Å². The van der Waals surface area contributed by atoms with Crippen LogP contribution in [0.15, 0.2) is 24.3 Å². The number of thioether (sulfide) groups is 1. The first kappa shape index (κ1) is 13.0. The van der Waals surface area contributed by atoms with Gasteiger partial charge in [-0.15, -0.1) is 0 Å². The monoisotopic (exact) mass is 276 g/mol. The van der Waals surface area contributed by atoms with Crippen LogP contribution in [-0.4, -0.2) is 30.0 Å². The molecule has 1 N–H and O–H groups in total. The van der Waals surface area contributed by atoms with E-state index in [9.17, 15) is 4.79 Å².